The highest BCUT2D eigenvalue weighted by Gasteiger charge is 2.30. The zero-order valence-electron chi connectivity index (χ0n) is 27.1. The standard InChI is InChI=1S/C31H42N10O6/c1-19(2)27-29-34-21(4)37-41(29)18-25(43)32-13-9-15-40(26(44)17-33-31(46)28-20(3)38-47-39-28)14-8-12-24(42)35-23(30(45)36-27)16-22-10-6-5-7-11-22/h5-7,10-11,19,23,27H,8-9,12-18H2,1-4H3,(H,32,43)(H,33,46)(H,35,42)(H,36,45)/t23-,27+/m1/s1. The summed E-state index contributed by atoms with van der Waals surface area (Å²) in [7, 11) is 0. The minimum absolute atomic E-state index is 0.0172. The summed E-state index contributed by atoms with van der Waals surface area (Å²) in [5.74, 6) is -1.25. The number of aromatic nitrogens is 5. The van der Waals surface area contributed by atoms with Crippen molar-refractivity contribution in [3.8, 4) is 0 Å². The molecule has 252 valence electrons. The predicted octanol–water partition coefficient (Wildman–Crippen LogP) is 0.377. The minimum Gasteiger partial charge on any atom is -0.354 e. The lowest BCUT2D eigenvalue weighted by Gasteiger charge is -2.26. The molecule has 0 aliphatic carbocycles. The fraction of sp³-hybridized carbons (Fsp3) is 0.516. The van der Waals surface area contributed by atoms with Gasteiger partial charge in [-0.2, -0.15) is 5.10 Å². The normalized spacial score (nSPS) is 18.7. The molecule has 1 aliphatic rings. The van der Waals surface area contributed by atoms with Gasteiger partial charge in [0, 0.05) is 32.5 Å². The molecule has 3 aromatic rings. The Morgan fingerprint density at radius 3 is 2.47 bits per heavy atom. The lowest BCUT2D eigenvalue weighted by molar-refractivity contribution is -0.131. The molecule has 1 aromatic carbocycles. The van der Waals surface area contributed by atoms with Crippen LogP contribution < -0.4 is 21.3 Å². The van der Waals surface area contributed by atoms with Crippen molar-refractivity contribution in [2.24, 2.45) is 5.92 Å². The lowest BCUT2D eigenvalue weighted by atomic mass is 10.0. The predicted molar refractivity (Wildman–Crippen MR) is 167 cm³/mol. The zero-order valence-corrected chi connectivity index (χ0v) is 27.1. The third-order valence-corrected chi connectivity index (χ3v) is 7.66. The summed E-state index contributed by atoms with van der Waals surface area (Å²) in [6.07, 6.45) is 1.04. The van der Waals surface area contributed by atoms with Gasteiger partial charge < -0.3 is 26.2 Å². The number of carbonyl (C=O) groups excluding carboxylic acids is 5. The summed E-state index contributed by atoms with van der Waals surface area (Å²) in [4.78, 5) is 71.5. The van der Waals surface area contributed by atoms with Crippen LogP contribution in [0.3, 0.4) is 0 Å². The van der Waals surface area contributed by atoms with Gasteiger partial charge in [-0.15, -0.1) is 0 Å². The molecule has 0 fully saturated rings. The van der Waals surface area contributed by atoms with Crippen molar-refractivity contribution in [1.29, 1.82) is 0 Å². The number of hydrogen-bond acceptors (Lipinski definition) is 10. The van der Waals surface area contributed by atoms with Gasteiger partial charge in [0.1, 0.15) is 24.1 Å². The number of nitrogens with one attached hydrogen (secondary N) is 4. The number of hydrogen-bond donors (Lipinski definition) is 4. The first-order valence-electron chi connectivity index (χ1n) is 15.7. The van der Waals surface area contributed by atoms with Gasteiger partial charge in [-0.1, -0.05) is 49.3 Å². The average Bonchev–Trinajstić information content (AvgIpc) is 3.63. The summed E-state index contributed by atoms with van der Waals surface area (Å²) in [6.45, 7) is 7.46. The van der Waals surface area contributed by atoms with Gasteiger partial charge in [0.2, 0.25) is 23.6 Å². The molecular weight excluding hydrogens is 608 g/mol. The summed E-state index contributed by atoms with van der Waals surface area (Å²) in [5.41, 5.74) is 1.14. The molecule has 0 bridgehead atoms. The van der Waals surface area contributed by atoms with Gasteiger partial charge in [0.25, 0.3) is 5.91 Å². The molecule has 2 atom stereocenters. The third kappa shape index (κ3) is 9.92. The fourth-order valence-corrected chi connectivity index (χ4v) is 5.20. The molecule has 0 radical (unpaired) electrons. The van der Waals surface area contributed by atoms with E-state index in [1.54, 1.807) is 13.8 Å². The smallest absolute Gasteiger partial charge is 0.275 e. The van der Waals surface area contributed by atoms with Crippen LogP contribution >= 0.6 is 0 Å². The van der Waals surface area contributed by atoms with Crippen molar-refractivity contribution in [3.05, 3.63) is 58.9 Å². The van der Waals surface area contributed by atoms with Gasteiger partial charge in [0.15, 0.2) is 11.5 Å². The van der Waals surface area contributed by atoms with Crippen molar-refractivity contribution in [2.45, 2.75) is 72.0 Å². The van der Waals surface area contributed by atoms with Crippen LogP contribution in [-0.2, 0) is 32.1 Å². The molecule has 2 aromatic heterocycles. The average molecular weight is 651 g/mol. The maximum atomic E-state index is 13.8. The van der Waals surface area contributed by atoms with E-state index < -0.39 is 23.9 Å². The maximum Gasteiger partial charge on any atom is 0.275 e. The SMILES string of the molecule is Cc1nc2n(n1)CC(=O)NCCCN(C(=O)CNC(=O)c1nonc1C)CCCC(=O)N[C@H](Cc1ccccc1)C(=O)N[C@H]2C(C)C. The van der Waals surface area contributed by atoms with Gasteiger partial charge in [-0.05, 0) is 43.3 Å². The Morgan fingerprint density at radius 2 is 1.77 bits per heavy atom. The molecule has 0 saturated carbocycles. The number of rotatable bonds is 6. The van der Waals surface area contributed by atoms with Crippen LogP contribution in [0.1, 0.15) is 72.5 Å². The van der Waals surface area contributed by atoms with Crippen LogP contribution in [0.5, 0.6) is 0 Å². The third-order valence-electron chi connectivity index (χ3n) is 7.66. The quantitative estimate of drug-likeness (QED) is 0.288. The maximum absolute atomic E-state index is 13.8. The van der Waals surface area contributed by atoms with Crippen LogP contribution in [0.4, 0.5) is 0 Å². The van der Waals surface area contributed by atoms with Crippen molar-refractivity contribution in [3.63, 3.8) is 0 Å². The topological polar surface area (TPSA) is 206 Å². The Balaban J connectivity index is 1.53. The summed E-state index contributed by atoms with van der Waals surface area (Å²) in [6, 6.07) is 7.89. The van der Waals surface area contributed by atoms with Gasteiger partial charge in [-0.3, -0.25) is 24.0 Å². The number of fused-ring (bicyclic) bond motifs is 1. The van der Waals surface area contributed by atoms with Crippen molar-refractivity contribution < 1.29 is 28.6 Å². The molecule has 47 heavy (non-hydrogen) atoms. The molecule has 5 amide bonds. The second-order valence-corrected chi connectivity index (χ2v) is 11.8. The summed E-state index contributed by atoms with van der Waals surface area (Å²) < 4.78 is 6.04. The van der Waals surface area contributed by atoms with Crippen molar-refractivity contribution >= 4 is 29.5 Å². The highest BCUT2D eigenvalue weighted by molar-refractivity contribution is 5.95. The van der Waals surface area contributed by atoms with Crippen molar-refractivity contribution in [1.82, 2.24) is 51.2 Å². The van der Waals surface area contributed by atoms with E-state index in [0.29, 0.717) is 30.2 Å². The molecule has 0 saturated heterocycles. The second kappa shape index (κ2) is 16.4. The second-order valence-electron chi connectivity index (χ2n) is 11.8. The van der Waals surface area contributed by atoms with E-state index in [0.717, 1.165) is 5.56 Å². The van der Waals surface area contributed by atoms with Crippen LogP contribution in [0.2, 0.25) is 0 Å². The molecule has 4 rings (SSSR count). The summed E-state index contributed by atoms with van der Waals surface area (Å²) >= 11 is 0. The molecule has 16 nitrogen and oxygen atoms in total. The van der Waals surface area contributed by atoms with Crippen LogP contribution in [-0.4, -0.2) is 91.7 Å². The van der Waals surface area contributed by atoms with Crippen molar-refractivity contribution in [2.75, 3.05) is 26.2 Å². The first-order valence-corrected chi connectivity index (χ1v) is 15.7. The Kier molecular flexibility index (Phi) is 12.1. The number of aryl methyl sites for hydroxylation is 2. The number of amides is 5. The first kappa shape index (κ1) is 34.7. The van der Waals surface area contributed by atoms with E-state index in [1.807, 2.05) is 44.2 Å². The largest absolute Gasteiger partial charge is 0.354 e. The van der Waals surface area contributed by atoms with E-state index in [1.165, 1.54) is 9.58 Å². The number of nitrogens with zero attached hydrogens (tertiary/aromatic N) is 6. The van der Waals surface area contributed by atoms with E-state index >= 15 is 0 Å². The number of benzene rings is 1. The molecule has 1 aliphatic heterocycles. The Bertz CT molecular complexity index is 1550. The highest BCUT2D eigenvalue weighted by Crippen LogP contribution is 2.21. The first-order chi connectivity index (χ1) is 22.5. The van der Waals surface area contributed by atoms with Gasteiger partial charge in [-0.25, -0.2) is 14.3 Å². The van der Waals surface area contributed by atoms with E-state index in [-0.39, 0.29) is 74.9 Å². The molecule has 0 spiro atoms. The highest BCUT2D eigenvalue weighted by atomic mass is 16.6. The van der Waals surface area contributed by atoms with Gasteiger partial charge in [0.05, 0.1) is 12.6 Å². The van der Waals surface area contributed by atoms with E-state index in [9.17, 15) is 24.0 Å². The van der Waals surface area contributed by atoms with E-state index in [4.69, 9.17) is 0 Å². The lowest BCUT2D eigenvalue weighted by Crippen LogP contribution is -2.50. The molecule has 3 heterocycles. The minimum atomic E-state index is -0.895. The Labute approximate surface area is 272 Å². The summed E-state index contributed by atoms with van der Waals surface area (Å²) in [5, 5.41) is 22.8. The molecule has 4 N–H and O–H groups in total. The van der Waals surface area contributed by atoms with Crippen LogP contribution in [0, 0.1) is 19.8 Å². The molecule has 16 heteroatoms. The van der Waals surface area contributed by atoms with E-state index in [2.05, 4.69) is 46.3 Å². The zero-order chi connectivity index (χ0) is 33.9. The molecular formula is C31H42N10O6. The van der Waals surface area contributed by atoms with Gasteiger partial charge >= 0.3 is 0 Å². The Hall–Kier alpha value is -5.15. The molecule has 0 unspecified atom stereocenters. The van der Waals surface area contributed by atoms with Crippen LogP contribution in [0.25, 0.3) is 0 Å². The monoisotopic (exact) mass is 650 g/mol. The Morgan fingerprint density at radius 1 is 1.02 bits per heavy atom. The number of carbonyl (C=O) groups is 5. The fourth-order valence-electron chi connectivity index (χ4n) is 5.20. The van der Waals surface area contributed by atoms with Crippen LogP contribution in [0.15, 0.2) is 35.0 Å².